The Bertz CT molecular complexity index is 1200. The maximum Gasteiger partial charge on any atom is 0.418 e. The van der Waals surface area contributed by atoms with Crippen LogP contribution in [0, 0.1) is 5.92 Å². The Balaban J connectivity index is 1.20. The van der Waals surface area contributed by atoms with Crippen molar-refractivity contribution in [3.05, 3.63) is 59.9 Å². The smallest absolute Gasteiger partial charge is 0.367 e. The van der Waals surface area contributed by atoms with Gasteiger partial charge in [-0.05, 0) is 43.7 Å². The van der Waals surface area contributed by atoms with Gasteiger partial charge in [0.15, 0.2) is 0 Å². The SMILES string of the molecule is Cn1c(CN2CCC[C@@H](C(=O)N3CCN(c4ccccc4C(F)(F)F)CC3)C2)nc2ccccc21. The van der Waals surface area contributed by atoms with Crippen molar-refractivity contribution in [3.8, 4) is 0 Å². The highest BCUT2D eigenvalue weighted by molar-refractivity contribution is 5.79. The first-order valence-electron chi connectivity index (χ1n) is 12.1. The Morgan fingerprint density at radius 3 is 2.46 bits per heavy atom. The maximum absolute atomic E-state index is 13.4. The quantitative estimate of drug-likeness (QED) is 0.557. The van der Waals surface area contributed by atoms with Gasteiger partial charge < -0.3 is 14.4 Å². The molecule has 9 heteroatoms. The molecule has 1 aromatic heterocycles. The largest absolute Gasteiger partial charge is 0.418 e. The summed E-state index contributed by atoms with van der Waals surface area (Å²) < 4.78 is 42.4. The Hall–Kier alpha value is -3.07. The molecule has 186 valence electrons. The molecule has 35 heavy (non-hydrogen) atoms. The van der Waals surface area contributed by atoms with E-state index in [1.54, 1.807) is 11.0 Å². The van der Waals surface area contributed by atoms with Crippen molar-refractivity contribution in [2.75, 3.05) is 44.2 Å². The highest BCUT2D eigenvalue weighted by Crippen LogP contribution is 2.36. The lowest BCUT2D eigenvalue weighted by Crippen LogP contribution is -2.52. The molecule has 3 aromatic rings. The van der Waals surface area contributed by atoms with Gasteiger partial charge in [0.05, 0.1) is 29.1 Å². The van der Waals surface area contributed by atoms with Crippen LogP contribution in [-0.2, 0) is 24.6 Å². The number of likely N-dealkylation sites (tertiary alicyclic amines) is 1. The number of hydrogen-bond acceptors (Lipinski definition) is 4. The van der Waals surface area contributed by atoms with E-state index in [1.807, 2.05) is 30.1 Å². The van der Waals surface area contributed by atoms with E-state index in [9.17, 15) is 18.0 Å². The fourth-order valence-corrected chi connectivity index (χ4v) is 5.35. The fourth-order valence-electron chi connectivity index (χ4n) is 5.35. The Morgan fingerprint density at radius 1 is 1.00 bits per heavy atom. The third kappa shape index (κ3) is 4.87. The molecular formula is C26H30F3N5O. The molecular weight excluding hydrogens is 455 g/mol. The topological polar surface area (TPSA) is 44.6 Å². The van der Waals surface area contributed by atoms with Crippen LogP contribution in [0.15, 0.2) is 48.5 Å². The Morgan fingerprint density at radius 2 is 1.71 bits per heavy atom. The van der Waals surface area contributed by atoms with Crippen LogP contribution >= 0.6 is 0 Å². The van der Waals surface area contributed by atoms with Gasteiger partial charge in [-0.15, -0.1) is 0 Å². The zero-order valence-corrected chi connectivity index (χ0v) is 19.8. The number of piperazine rings is 1. The van der Waals surface area contributed by atoms with Crippen LogP contribution < -0.4 is 4.90 Å². The third-order valence-corrected chi connectivity index (χ3v) is 7.24. The lowest BCUT2D eigenvalue weighted by atomic mass is 9.96. The van der Waals surface area contributed by atoms with E-state index in [-0.39, 0.29) is 17.5 Å². The van der Waals surface area contributed by atoms with Gasteiger partial charge in [0.25, 0.3) is 0 Å². The average molecular weight is 486 g/mol. The van der Waals surface area contributed by atoms with E-state index < -0.39 is 11.7 Å². The summed E-state index contributed by atoms with van der Waals surface area (Å²) in [6, 6.07) is 13.7. The second kappa shape index (κ2) is 9.53. The van der Waals surface area contributed by atoms with Crippen LogP contribution in [-0.4, -0.2) is 64.5 Å². The summed E-state index contributed by atoms with van der Waals surface area (Å²) in [6.07, 6.45) is -2.61. The molecule has 0 unspecified atom stereocenters. The molecule has 0 spiro atoms. The number of halogens is 3. The molecule has 2 aromatic carbocycles. The Labute approximate surface area is 202 Å². The van der Waals surface area contributed by atoms with Crippen molar-refractivity contribution in [2.45, 2.75) is 25.6 Å². The van der Waals surface area contributed by atoms with Gasteiger partial charge in [-0.25, -0.2) is 4.98 Å². The number of nitrogens with zero attached hydrogens (tertiary/aromatic N) is 5. The number of imidazole rings is 1. The van der Waals surface area contributed by atoms with E-state index in [4.69, 9.17) is 4.98 Å². The predicted molar refractivity (Wildman–Crippen MR) is 129 cm³/mol. The van der Waals surface area contributed by atoms with Crippen LogP contribution in [0.25, 0.3) is 11.0 Å². The number of para-hydroxylation sites is 3. The number of hydrogen-bond donors (Lipinski definition) is 0. The summed E-state index contributed by atoms with van der Waals surface area (Å²) in [5.41, 5.74) is 1.64. The molecule has 6 nitrogen and oxygen atoms in total. The lowest BCUT2D eigenvalue weighted by Gasteiger charge is -2.40. The van der Waals surface area contributed by atoms with E-state index in [2.05, 4.69) is 15.5 Å². The van der Waals surface area contributed by atoms with Gasteiger partial charge in [-0.2, -0.15) is 13.2 Å². The number of fused-ring (bicyclic) bond motifs is 1. The highest BCUT2D eigenvalue weighted by Gasteiger charge is 2.36. The number of amides is 1. The summed E-state index contributed by atoms with van der Waals surface area (Å²) >= 11 is 0. The van der Waals surface area contributed by atoms with E-state index in [0.29, 0.717) is 39.3 Å². The van der Waals surface area contributed by atoms with Crippen molar-refractivity contribution in [3.63, 3.8) is 0 Å². The van der Waals surface area contributed by atoms with Gasteiger partial charge in [0.1, 0.15) is 5.82 Å². The zero-order chi connectivity index (χ0) is 24.6. The summed E-state index contributed by atoms with van der Waals surface area (Å²) in [4.78, 5) is 23.9. The van der Waals surface area contributed by atoms with Crippen molar-refractivity contribution in [1.82, 2.24) is 19.4 Å². The molecule has 1 atom stereocenters. The number of benzene rings is 2. The minimum Gasteiger partial charge on any atom is -0.367 e. The predicted octanol–water partition coefficient (Wildman–Crippen LogP) is 4.15. The van der Waals surface area contributed by atoms with Gasteiger partial charge >= 0.3 is 6.18 Å². The minimum atomic E-state index is -4.39. The monoisotopic (exact) mass is 485 g/mol. The molecule has 0 saturated carbocycles. The van der Waals surface area contributed by atoms with Crippen molar-refractivity contribution < 1.29 is 18.0 Å². The molecule has 0 aliphatic carbocycles. The van der Waals surface area contributed by atoms with Crippen molar-refractivity contribution >= 4 is 22.6 Å². The average Bonchev–Trinajstić information content (AvgIpc) is 3.18. The number of carbonyl (C=O) groups excluding carboxylic acids is 1. The lowest BCUT2D eigenvalue weighted by molar-refractivity contribution is -0.139. The molecule has 0 N–H and O–H groups in total. The van der Waals surface area contributed by atoms with Gasteiger partial charge in [-0.1, -0.05) is 24.3 Å². The van der Waals surface area contributed by atoms with Crippen LogP contribution in [0.2, 0.25) is 0 Å². The molecule has 1 amide bonds. The number of aryl methyl sites for hydroxylation is 1. The second-order valence-corrected chi connectivity index (χ2v) is 9.48. The molecule has 2 fully saturated rings. The standard InChI is InChI=1S/C26H30F3N5O/c1-31-23-11-5-3-9-21(23)30-24(31)18-32-12-6-7-19(17-32)25(35)34-15-13-33(14-16-34)22-10-4-2-8-20(22)26(27,28)29/h2-5,8-11,19H,6-7,12-18H2,1H3/t19-/m1/s1. The van der Waals surface area contributed by atoms with Crippen molar-refractivity contribution in [2.24, 2.45) is 13.0 Å². The van der Waals surface area contributed by atoms with E-state index in [1.165, 1.54) is 12.1 Å². The number of anilines is 1. The molecule has 0 radical (unpaired) electrons. The fraction of sp³-hybridized carbons (Fsp3) is 0.462. The number of carbonyl (C=O) groups is 1. The molecule has 0 bridgehead atoms. The summed E-state index contributed by atoms with van der Waals surface area (Å²) in [5, 5.41) is 0. The summed E-state index contributed by atoms with van der Waals surface area (Å²) in [7, 11) is 2.02. The summed E-state index contributed by atoms with van der Waals surface area (Å²) in [6.45, 7) is 3.97. The minimum absolute atomic E-state index is 0.0903. The molecule has 2 aliphatic heterocycles. The molecule has 2 saturated heterocycles. The van der Waals surface area contributed by atoms with Crippen molar-refractivity contribution in [1.29, 1.82) is 0 Å². The van der Waals surface area contributed by atoms with Crippen LogP contribution in [0.1, 0.15) is 24.2 Å². The summed E-state index contributed by atoms with van der Waals surface area (Å²) in [5.74, 6) is 1.01. The van der Waals surface area contributed by atoms with Crippen LogP contribution in [0.5, 0.6) is 0 Å². The first-order chi connectivity index (χ1) is 16.8. The number of aromatic nitrogens is 2. The zero-order valence-electron chi connectivity index (χ0n) is 19.8. The molecule has 5 rings (SSSR count). The normalized spacial score (nSPS) is 19.9. The third-order valence-electron chi connectivity index (χ3n) is 7.24. The van der Waals surface area contributed by atoms with Crippen LogP contribution in [0.4, 0.5) is 18.9 Å². The molecule has 3 heterocycles. The van der Waals surface area contributed by atoms with Gasteiger partial charge in [0.2, 0.25) is 5.91 Å². The van der Waals surface area contributed by atoms with E-state index >= 15 is 0 Å². The maximum atomic E-state index is 13.4. The second-order valence-electron chi connectivity index (χ2n) is 9.48. The van der Waals surface area contributed by atoms with Gasteiger partial charge in [-0.3, -0.25) is 9.69 Å². The first-order valence-corrected chi connectivity index (χ1v) is 12.1. The molecule has 2 aliphatic rings. The van der Waals surface area contributed by atoms with E-state index in [0.717, 1.165) is 42.3 Å². The first kappa shape index (κ1) is 23.7. The number of alkyl halides is 3. The van der Waals surface area contributed by atoms with Gasteiger partial charge in [0, 0.05) is 45.5 Å². The number of piperidine rings is 1. The highest BCUT2D eigenvalue weighted by atomic mass is 19.4. The van der Waals surface area contributed by atoms with Crippen LogP contribution in [0.3, 0.4) is 0 Å². The number of rotatable bonds is 4. The Kier molecular flexibility index (Phi) is 6.44.